The fraction of sp³-hybridized carbons (Fsp3) is 0.394. The Balaban J connectivity index is 0.000000112. The molecule has 20 heterocycles. The average molecular weight is 1920 g/mol. The van der Waals surface area contributed by atoms with E-state index >= 15 is 0 Å². The zero-order chi connectivity index (χ0) is 97.9. The molecule has 142 heavy (non-hydrogen) atoms. The number of imidazole rings is 2. The first-order valence-corrected chi connectivity index (χ1v) is 50.0. The molecule has 0 spiro atoms. The first-order valence-electron chi connectivity index (χ1n) is 50.0. The summed E-state index contributed by atoms with van der Waals surface area (Å²) in [6.07, 6.45) is 23.0. The molecule has 7 N–H and O–H groups in total. The molecule has 8 aliphatic rings. The van der Waals surface area contributed by atoms with Gasteiger partial charge in [0.2, 0.25) is 23.8 Å². The van der Waals surface area contributed by atoms with Crippen LogP contribution in [0.1, 0.15) is 158 Å². The molecule has 0 radical (unpaired) electrons. The summed E-state index contributed by atoms with van der Waals surface area (Å²) in [5.41, 5.74) is 19.7. The quantitative estimate of drug-likeness (QED) is 0.0370. The van der Waals surface area contributed by atoms with Crippen LogP contribution in [0.4, 0.5) is 70.3 Å². The Morgan fingerprint density at radius 1 is 0.345 bits per heavy atom. The lowest BCUT2D eigenvalue weighted by Crippen LogP contribution is -2.45. The maximum Gasteiger partial charge on any atom is 0.229 e. The first kappa shape index (κ1) is 94.5. The number of pyridine rings is 4. The van der Waals surface area contributed by atoms with Crippen LogP contribution in [0.25, 0.3) is 88.9 Å². The number of rotatable bonds is 19. The van der Waals surface area contributed by atoms with Gasteiger partial charge in [0, 0.05) is 190 Å². The highest BCUT2D eigenvalue weighted by Gasteiger charge is 2.38. The van der Waals surface area contributed by atoms with Gasteiger partial charge in [0.25, 0.3) is 0 Å². The number of anilines is 9. The number of hydrogen-bond acceptors (Lipinski definition) is 25. The van der Waals surface area contributed by atoms with E-state index in [1.807, 2.05) is 111 Å². The summed E-state index contributed by atoms with van der Waals surface area (Å²) in [5, 5.41) is 25.0. The zero-order valence-electron chi connectivity index (χ0n) is 82.7. The number of likely N-dealkylation sites (N-methyl/N-ethyl adjacent to an activating group) is 1. The number of piperidine rings is 1. The van der Waals surface area contributed by atoms with Crippen LogP contribution in [0.15, 0.2) is 171 Å². The lowest BCUT2D eigenvalue weighted by molar-refractivity contribution is 0.132. The molecular weight excluding hydrogens is 1790 g/mol. The minimum atomic E-state index is -0.459. The highest BCUT2D eigenvalue weighted by Crippen LogP contribution is 2.45. The van der Waals surface area contributed by atoms with Crippen LogP contribution >= 0.6 is 0 Å². The zero-order valence-corrected chi connectivity index (χ0v) is 82.7. The number of fused-ring (bicyclic) bond motifs is 12. The molecule has 0 atom stereocenters. The molecule has 4 fully saturated rings. The van der Waals surface area contributed by atoms with Crippen LogP contribution in [-0.2, 0) is 60.9 Å². The number of nitrogens with one attached hydrogen (secondary N) is 7. The maximum atomic E-state index is 15.0. The fourth-order valence-corrected chi connectivity index (χ4v) is 21.8. The average Bonchev–Trinajstić information content (AvgIpc) is 1.59. The fourth-order valence-electron chi connectivity index (χ4n) is 21.8. The number of piperazine rings is 3. The van der Waals surface area contributed by atoms with Gasteiger partial charge in [0.1, 0.15) is 57.7 Å². The Hall–Kier alpha value is -13.7. The molecular formula is C109H123F4N29. The molecule has 16 aromatic rings. The topological polar surface area (TPSA) is 297 Å². The Morgan fingerprint density at radius 3 is 1.13 bits per heavy atom. The molecule has 29 nitrogen and oxygen atoms in total. The van der Waals surface area contributed by atoms with Crippen LogP contribution < -0.4 is 42.1 Å². The van der Waals surface area contributed by atoms with E-state index in [0.29, 0.717) is 58.5 Å². The van der Waals surface area contributed by atoms with E-state index in [1.165, 1.54) is 58.1 Å². The van der Waals surface area contributed by atoms with Crippen molar-refractivity contribution < 1.29 is 17.6 Å². The largest absolute Gasteiger partial charge is 0.368 e. The monoisotopic (exact) mass is 1910 g/mol. The van der Waals surface area contributed by atoms with Crippen LogP contribution in [0.5, 0.6) is 0 Å². The Kier molecular flexibility index (Phi) is 26.2. The second-order valence-electron chi connectivity index (χ2n) is 41.3. The van der Waals surface area contributed by atoms with E-state index in [0.717, 1.165) is 259 Å². The summed E-state index contributed by atoms with van der Waals surface area (Å²) in [6.45, 7) is 41.5. The van der Waals surface area contributed by atoms with Gasteiger partial charge in [-0.1, -0.05) is 49.4 Å². The van der Waals surface area contributed by atoms with Gasteiger partial charge >= 0.3 is 0 Å². The van der Waals surface area contributed by atoms with Gasteiger partial charge < -0.3 is 65.3 Å². The van der Waals surface area contributed by atoms with Gasteiger partial charge in [-0.05, 0) is 264 Å². The van der Waals surface area contributed by atoms with Crippen molar-refractivity contribution in [3.8, 4) is 45.0 Å². The molecule has 8 aliphatic heterocycles. The molecule has 0 unspecified atom stereocenters. The normalized spacial score (nSPS) is 17.5. The van der Waals surface area contributed by atoms with Gasteiger partial charge in [-0.15, -0.1) is 0 Å². The van der Waals surface area contributed by atoms with Crippen LogP contribution in [-0.4, -0.2) is 201 Å². The van der Waals surface area contributed by atoms with Crippen molar-refractivity contribution >= 4 is 96.6 Å². The van der Waals surface area contributed by atoms with Crippen LogP contribution in [0.2, 0.25) is 0 Å². The van der Waals surface area contributed by atoms with Crippen LogP contribution in [0, 0.1) is 37.1 Å². The molecule has 0 amide bonds. The highest BCUT2D eigenvalue weighted by molar-refractivity contribution is 5.90. The smallest absolute Gasteiger partial charge is 0.229 e. The maximum absolute atomic E-state index is 15.0. The third kappa shape index (κ3) is 19.8. The van der Waals surface area contributed by atoms with Crippen molar-refractivity contribution in [2.75, 3.05) is 124 Å². The third-order valence-electron chi connectivity index (χ3n) is 29.6. The second kappa shape index (κ2) is 39.3. The van der Waals surface area contributed by atoms with Crippen molar-refractivity contribution in [2.24, 2.45) is 0 Å². The molecule has 732 valence electrons. The first-order chi connectivity index (χ1) is 68.6. The number of halogens is 4. The number of hydrogen-bond donors (Lipinski definition) is 7. The number of aryl methyl sites for hydroxylation is 6. The van der Waals surface area contributed by atoms with Gasteiger partial charge in [0.15, 0.2) is 23.3 Å². The molecule has 24 rings (SSSR count). The minimum Gasteiger partial charge on any atom is -0.368 e. The molecule has 12 aromatic heterocycles. The molecule has 0 saturated carbocycles. The summed E-state index contributed by atoms with van der Waals surface area (Å²) in [7, 11) is 0. The summed E-state index contributed by atoms with van der Waals surface area (Å²) in [4.78, 5) is 72.3. The number of nitrogens with zero attached hydrogens (tertiary/aromatic N) is 22. The molecule has 0 bridgehead atoms. The third-order valence-corrected chi connectivity index (χ3v) is 29.6. The van der Waals surface area contributed by atoms with Crippen molar-refractivity contribution in [2.45, 2.75) is 182 Å². The van der Waals surface area contributed by atoms with Gasteiger partial charge in [-0.2, -0.15) is 0 Å². The molecule has 4 saturated heterocycles. The van der Waals surface area contributed by atoms with E-state index in [1.54, 1.807) is 0 Å². The molecule has 33 heteroatoms. The summed E-state index contributed by atoms with van der Waals surface area (Å²) in [5.74, 6) is 4.73. The number of aromatic nitrogens is 18. The Morgan fingerprint density at radius 2 is 0.718 bits per heavy atom. The van der Waals surface area contributed by atoms with E-state index in [2.05, 4.69) is 246 Å². The van der Waals surface area contributed by atoms with Gasteiger partial charge in [-0.3, -0.25) is 9.80 Å². The van der Waals surface area contributed by atoms with Crippen LogP contribution in [0.3, 0.4) is 0 Å². The van der Waals surface area contributed by atoms with E-state index in [9.17, 15) is 17.6 Å². The van der Waals surface area contributed by atoms with E-state index in [-0.39, 0.29) is 44.9 Å². The number of benzene rings is 4. The lowest BCUT2D eigenvalue weighted by atomic mass is 9.91. The van der Waals surface area contributed by atoms with E-state index < -0.39 is 23.3 Å². The van der Waals surface area contributed by atoms with Crippen molar-refractivity contribution in [3.05, 3.63) is 245 Å². The predicted octanol–water partition coefficient (Wildman–Crippen LogP) is 19.1. The molecule has 0 aliphatic carbocycles. The predicted molar refractivity (Wildman–Crippen MR) is 553 cm³/mol. The minimum absolute atomic E-state index is 0.0158. The van der Waals surface area contributed by atoms with Crippen molar-refractivity contribution in [1.82, 2.24) is 119 Å². The van der Waals surface area contributed by atoms with E-state index in [4.69, 9.17) is 9.97 Å². The van der Waals surface area contributed by atoms with Crippen molar-refractivity contribution in [3.63, 3.8) is 0 Å². The highest BCUT2D eigenvalue weighted by atomic mass is 19.1. The summed E-state index contributed by atoms with van der Waals surface area (Å²) in [6, 6.07) is 40.5. The molecule has 4 aromatic carbocycles. The Labute approximate surface area is 824 Å². The van der Waals surface area contributed by atoms with Crippen molar-refractivity contribution in [1.29, 1.82) is 0 Å². The Bertz CT molecular complexity index is 7330. The van der Waals surface area contributed by atoms with Gasteiger partial charge in [-0.25, -0.2) is 87.3 Å². The summed E-state index contributed by atoms with van der Waals surface area (Å²) >= 11 is 0. The SMILES string of the molecule is CC1(C)CCc2cc3ccc(-c4nc(Nc5ccc(N6CCNCC6)cn5)ncc4F)cc3n21.CCN1CCN(Cc2ccc(Nc3ncc(F)c(-c4ccc5cc6n(c5c4)C(C)(C)CC6)n3)nc2)CC1.Cc1cc(-c2nc(Nc3ccc(C4CCNCC4)cn3)ncc2F)cc2c1nc1n2C(C)(C)CC1.Cc1cc(-c2nc(Nc3ccc(CN4CCNCC4)cn3)ncc2F)cc2c1nc1n2C(C)(C)CC1. The lowest BCUT2D eigenvalue weighted by Gasteiger charge is -2.33. The second-order valence-corrected chi connectivity index (χ2v) is 41.3. The standard InChI is InChI=1S/C29H34FN7.C27H31FN8.C27H30FN7.C26H28FN7/c1-4-35-11-13-36(14-12-35)19-20-5-8-26(31-17-20)33-28-32-18-24(30)27(34-28)22-7-6-21-15-23-9-10-29(2,3)37(23)25(21)16-22;1-17-12-19(13-21-24(17)33-23-6-7-27(2,3)36(21)23)25-20(28)15-31-26(34-25)32-22-5-4-18(14-30-22)16-35-10-8-29-9-11-35;1-16-12-19(13-21-24(16)33-23-6-9-27(2,3)35(21)23)25-20(28)15-31-26(34-25)32-22-5-4-18(14-30-22)17-7-10-29-11-8-17;1-26(2)8-7-19-13-17-3-4-18(14-22(17)34(19)26)24-21(27)16-30-25(32-24)31-23-6-5-20(15-29-23)33-11-9-28-10-12-33/h5-8,15-18H,4,9-14,19H2,1-3H3,(H,31,32,33,34);4-5,12-15,29H,6-11,16H2,1-3H3,(H,30,31,32,34);4-5,12-15,17,29H,6-11H2,1-3H3,(H,30,31,32,34);3-6,13-16,28H,7-12H2,1-2H3,(H,29,30,31,32). The summed E-state index contributed by atoms with van der Waals surface area (Å²) < 4.78 is 69.0. The van der Waals surface area contributed by atoms with Gasteiger partial charge in [0.05, 0.1) is 58.7 Å².